The second-order valence-electron chi connectivity index (χ2n) is 5.00. The van der Waals surface area contributed by atoms with Gasteiger partial charge in [-0.1, -0.05) is 19.9 Å². The highest BCUT2D eigenvalue weighted by Gasteiger charge is 2.12. The molecule has 1 aliphatic rings. The Morgan fingerprint density at radius 3 is 2.75 bits per heavy atom. The first-order valence-electron chi connectivity index (χ1n) is 6.17. The van der Waals surface area contributed by atoms with Crippen LogP contribution in [0, 0.1) is 5.92 Å². The Balaban J connectivity index is 1.95. The van der Waals surface area contributed by atoms with Crippen molar-refractivity contribution < 1.29 is 4.74 Å². The summed E-state index contributed by atoms with van der Waals surface area (Å²) in [6.45, 7) is 4.85. The average Bonchev–Trinajstić information content (AvgIpc) is 2.72. The monoisotopic (exact) mass is 219 g/mol. The van der Waals surface area contributed by atoms with Crippen LogP contribution < -0.4 is 10.5 Å². The van der Waals surface area contributed by atoms with E-state index in [-0.39, 0.29) is 6.04 Å². The van der Waals surface area contributed by atoms with Gasteiger partial charge in [-0.05, 0) is 48.4 Å². The predicted molar refractivity (Wildman–Crippen MR) is 66.8 cm³/mol. The Morgan fingerprint density at radius 1 is 1.25 bits per heavy atom. The quantitative estimate of drug-likeness (QED) is 0.844. The molecule has 0 aromatic heterocycles. The molecule has 0 heterocycles. The van der Waals surface area contributed by atoms with E-state index in [0.29, 0.717) is 12.5 Å². The van der Waals surface area contributed by atoms with Gasteiger partial charge in [-0.15, -0.1) is 0 Å². The molecule has 0 spiro atoms. The fourth-order valence-electron chi connectivity index (χ4n) is 2.02. The van der Waals surface area contributed by atoms with Gasteiger partial charge in [0.1, 0.15) is 12.4 Å². The maximum absolute atomic E-state index is 5.95. The van der Waals surface area contributed by atoms with E-state index in [1.165, 1.54) is 30.4 Å². The molecule has 0 amide bonds. The molecular formula is C14H21NO. The molecular weight excluding hydrogens is 198 g/mol. The van der Waals surface area contributed by atoms with Gasteiger partial charge in [0.15, 0.2) is 0 Å². The maximum atomic E-state index is 5.95. The summed E-state index contributed by atoms with van der Waals surface area (Å²) in [5.41, 5.74) is 8.89. The molecule has 0 unspecified atom stereocenters. The summed E-state index contributed by atoms with van der Waals surface area (Å²) >= 11 is 0. The maximum Gasteiger partial charge on any atom is 0.119 e. The van der Waals surface area contributed by atoms with E-state index in [9.17, 15) is 0 Å². The number of hydrogen-bond acceptors (Lipinski definition) is 2. The molecule has 1 atom stereocenters. The minimum atomic E-state index is 0.119. The van der Waals surface area contributed by atoms with Gasteiger partial charge in [-0.2, -0.15) is 0 Å². The Kier molecular flexibility index (Phi) is 3.49. The minimum Gasteiger partial charge on any atom is -0.492 e. The van der Waals surface area contributed by atoms with Crippen LogP contribution in [0.1, 0.15) is 31.4 Å². The lowest BCUT2D eigenvalue weighted by Gasteiger charge is -2.16. The van der Waals surface area contributed by atoms with Crippen molar-refractivity contribution in [1.29, 1.82) is 0 Å². The molecule has 0 saturated heterocycles. The number of benzene rings is 1. The SMILES string of the molecule is CC(C)[C@@H](N)COc1ccc2c(c1)CCC2. The number of fused-ring (bicyclic) bond motifs is 1. The van der Waals surface area contributed by atoms with E-state index < -0.39 is 0 Å². The van der Waals surface area contributed by atoms with Crippen LogP contribution in [0.4, 0.5) is 0 Å². The van der Waals surface area contributed by atoms with E-state index >= 15 is 0 Å². The normalized spacial score (nSPS) is 16.2. The van der Waals surface area contributed by atoms with Gasteiger partial charge in [0.05, 0.1) is 0 Å². The molecule has 1 aliphatic carbocycles. The first-order chi connectivity index (χ1) is 7.66. The number of aryl methyl sites for hydroxylation is 2. The van der Waals surface area contributed by atoms with Crippen LogP contribution in [0.2, 0.25) is 0 Å². The van der Waals surface area contributed by atoms with Crippen molar-refractivity contribution in [2.75, 3.05) is 6.61 Å². The Labute approximate surface area is 97.8 Å². The lowest BCUT2D eigenvalue weighted by Crippen LogP contribution is -2.33. The zero-order chi connectivity index (χ0) is 11.5. The van der Waals surface area contributed by atoms with E-state index in [2.05, 4.69) is 32.0 Å². The number of ether oxygens (including phenoxy) is 1. The summed E-state index contributed by atoms with van der Waals surface area (Å²) in [7, 11) is 0. The highest BCUT2D eigenvalue weighted by molar-refractivity contribution is 5.38. The third-order valence-corrected chi connectivity index (χ3v) is 3.37. The van der Waals surface area contributed by atoms with Crippen molar-refractivity contribution in [3.05, 3.63) is 29.3 Å². The molecule has 2 rings (SSSR count). The van der Waals surface area contributed by atoms with Crippen LogP contribution >= 0.6 is 0 Å². The Hall–Kier alpha value is -1.02. The van der Waals surface area contributed by atoms with Crippen LogP contribution in [0.5, 0.6) is 5.75 Å². The summed E-state index contributed by atoms with van der Waals surface area (Å²) in [4.78, 5) is 0. The fraction of sp³-hybridized carbons (Fsp3) is 0.571. The van der Waals surface area contributed by atoms with Gasteiger partial charge >= 0.3 is 0 Å². The molecule has 0 aliphatic heterocycles. The molecule has 2 N–H and O–H groups in total. The van der Waals surface area contributed by atoms with Crippen molar-refractivity contribution in [2.24, 2.45) is 11.7 Å². The topological polar surface area (TPSA) is 35.2 Å². The van der Waals surface area contributed by atoms with Gasteiger partial charge < -0.3 is 10.5 Å². The summed E-state index contributed by atoms with van der Waals surface area (Å²) in [5.74, 6) is 1.44. The first kappa shape index (κ1) is 11.5. The van der Waals surface area contributed by atoms with E-state index in [1.54, 1.807) is 0 Å². The average molecular weight is 219 g/mol. The molecule has 0 saturated carbocycles. The molecule has 0 fully saturated rings. The molecule has 0 bridgehead atoms. The second kappa shape index (κ2) is 4.88. The number of nitrogens with two attached hydrogens (primary N) is 1. The van der Waals surface area contributed by atoms with Crippen LogP contribution in [0.3, 0.4) is 0 Å². The number of rotatable bonds is 4. The third kappa shape index (κ3) is 2.56. The first-order valence-corrected chi connectivity index (χ1v) is 6.17. The predicted octanol–water partition coefficient (Wildman–Crippen LogP) is 2.54. The van der Waals surface area contributed by atoms with Crippen molar-refractivity contribution in [3.63, 3.8) is 0 Å². The zero-order valence-corrected chi connectivity index (χ0v) is 10.2. The van der Waals surface area contributed by atoms with Crippen molar-refractivity contribution in [3.8, 4) is 5.75 Å². The van der Waals surface area contributed by atoms with Gasteiger partial charge in [-0.25, -0.2) is 0 Å². The molecule has 1 aromatic rings. The van der Waals surface area contributed by atoms with Crippen molar-refractivity contribution in [1.82, 2.24) is 0 Å². The largest absolute Gasteiger partial charge is 0.492 e. The van der Waals surface area contributed by atoms with Crippen molar-refractivity contribution >= 4 is 0 Å². The zero-order valence-electron chi connectivity index (χ0n) is 10.2. The summed E-state index contributed by atoms with van der Waals surface area (Å²) in [5, 5.41) is 0. The molecule has 88 valence electrons. The van der Waals surface area contributed by atoms with Gasteiger partial charge in [-0.3, -0.25) is 0 Å². The fourth-order valence-corrected chi connectivity index (χ4v) is 2.02. The lowest BCUT2D eigenvalue weighted by atomic mass is 10.1. The summed E-state index contributed by atoms with van der Waals surface area (Å²) in [6, 6.07) is 6.55. The third-order valence-electron chi connectivity index (χ3n) is 3.37. The van der Waals surface area contributed by atoms with Gasteiger partial charge in [0, 0.05) is 6.04 Å². The lowest BCUT2D eigenvalue weighted by molar-refractivity contribution is 0.259. The summed E-state index contributed by atoms with van der Waals surface area (Å²) in [6.07, 6.45) is 3.70. The Bertz CT molecular complexity index is 360. The number of hydrogen-bond donors (Lipinski definition) is 1. The smallest absolute Gasteiger partial charge is 0.119 e. The molecule has 0 radical (unpaired) electrons. The minimum absolute atomic E-state index is 0.119. The van der Waals surface area contributed by atoms with Crippen LogP contribution in [-0.2, 0) is 12.8 Å². The van der Waals surface area contributed by atoms with Gasteiger partial charge in [0.2, 0.25) is 0 Å². The van der Waals surface area contributed by atoms with Crippen LogP contribution in [0.25, 0.3) is 0 Å². The molecule has 2 nitrogen and oxygen atoms in total. The molecule has 2 heteroatoms. The highest BCUT2D eigenvalue weighted by atomic mass is 16.5. The van der Waals surface area contributed by atoms with E-state index in [1.807, 2.05) is 0 Å². The standard InChI is InChI=1S/C14H21NO/c1-10(2)14(15)9-16-13-7-6-11-4-3-5-12(11)8-13/h6-8,10,14H,3-5,9,15H2,1-2H3/t14-/m0/s1. The second-order valence-corrected chi connectivity index (χ2v) is 5.00. The van der Waals surface area contributed by atoms with Crippen molar-refractivity contribution in [2.45, 2.75) is 39.2 Å². The Morgan fingerprint density at radius 2 is 2.00 bits per heavy atom. The van der Waals surface area contributed by atoms with Crippen LogP contribution in [0.15, 0.2) is 18.2 Å². The van der Waals surface area contributed by atoms with Crippen LogP contribution in [-0.4, -0.2) is 12.6 Å². The van der Waals surface area contributed by atoms with E-state index in [0.717, 1.165) is 5.75 Å². The highest BCUT2D eigenvalue weighted by Crippen LogP contribution is 2.26. The van der Waals surface area contributed by atoms with Gasteiger partial charge in [0.25, 0.3) is 0 Å². The molecule has 1 aromatic carbocycles. The summed E-state index contributed by atoms with van der Waals surface area (Å²) < 4.78 is 5.73. The van der Waals surface area contributed by atoms with E-state index in [4.69, 9.17) is 10.5 Å². The molecule has 16 heavy (non-hydrogen) atoms.